The van der Waals surface area contributed by atoms with E-state index in [0.29, 0.717) is 12.4 Å². The number of nitrogens with zero attached hydrogens (tertiary/aromatic N) is 4. The lowest BCUT2D eigenvalue weighted by molar-refractivity contribution is -0.137. The summed E-state index contributed by atoms with van der Waals surface area (Å²) in [4.78, 5) is 20.5. The van der Waals surface area contributed by atoms with Crippen molar-refractivity contribution in [2.45, 2.75) is 26.3 Å². The predicted molar refractivity (Wildman–Crippen MR) is 61.5 cm³/mol. The molecule has 0 aromatic carbocycles. The Morgan fingerprint density at radius 2 is 2.24 bits per heavy atom. The van der Waals surface area contributed by atoms with E-state index in [2.05, 4.69) is 9.97 Å². The largest absolute Gasteiger partial charge is 0.481 e. The average molecular weight is 234 g/mol. The molecule has 1 rings (SSSR count). The van der Waals surface area contributed by atoms with Gasteiger partial charge in [0.05, 0.1) is 6.42 Å². The minimum Gasteiger partial charge on any atom is -0.481 e. The van der Waals surface area contributed by atoms with E-state index in [1.165, 1.54) is 12.4 Å². The van der Waals surface area contributed by atoms with Crippen molar-refractivity contribution >= 4 is 11.8 Å². The molecule has 0 saturated heterocycles. The summed E-state index contributed by atoms with van der Waals surface area (Å²) in [6, 6.07) is 1.72. The van der Waals surface area contributed by atoms with Gasteiger partial charge in [-0.1, -0.05) is 0 Å². The highest BCUT2D eigenvalue weighted by molar-refractivity contribution is 5.68. The summed E-state index contributed by atoms with van der Waals surface area (Å²) in [7, 11) is 0. The molecule has 6 heteroatoms. The Hall–Kier alpha value is -2.16. The number of hydrogen-bond acceptors (Lipinski definition) is 5. The quantitative estimate of drug-likeness (QED) is 0.818. The van der Waals surface area contributed by atoms with E-state index in [9.17, 15) is 4.79 Å². The first-order valence-corrected chi connectivity index (χ1v) is 5.29. The Morgan fingerprint density at radius 3 is 2.76 bits per heavy atom. The van der Waals surface area contributed by atoms with Crippen LogP contribution in [0.5, 0.6) is 0 Å². The normalized spacial score (nSPS) is 11.6. The fraction of sp³-hybridized carbons (Fsp3) is 0.455. The molecule has 1 N–H and O–H groups in total. The molecule has 1 heterocycles. The van der Waals surface area contributed by atoms with Crippen molar-refractivity contribution in [3.63, 3.8) is 0 Å². The Balaban J connectivity index is 3.01. The minimum absolute atomic E-state index is 0.00468. The van der Waals surface area contributed by atoms with Gasteiger partial charge in [0.25, 0.3) is 0 Å². The van der Waals surface area contributed by atoms with Crippen LogP contribution in [0.3, 0.4) is 0 Å². The van der Waals surface area contributed by atoms with Gasteiger partial charge in [-0.15, -0.1) is 0 Å². The van der Waals surface area contributed by atoms with Crippen LogP contribution in [0.15, 0.2) is 12.4 Å². The number of nitriles is 1. The number of hydrogen-bond donors (Lipinski definition) is 1. The first kappa shape index (κ1) is 12.9. The Morgan fingerprint density at radius 1 is 1.59 bits per heavy atom. The maximum absolute atomic E-state index is 10.7. The molecule has 1 atom stereocenters. The van der Waals surface area contributed by atoms with Gasteiger partial charge >= 0.3 is 5.97 Å². The fourth-order valence-electron chi connectivity index (χ4n) is 1.65. The molecular formula is C11H14N4O2. The molecule has 0 spiro atoms. The molecule has 1 unspecified atom stereocenters. The third-order valence-corrected chi connectivity index (χ3v) is 2.40. The molecule has 0 amide bonds. The number of aromatic nitrogens is 2. The summed E-state index contributed by atoms with van der Waals surface area (Å²) in [6.07, 6.45) is 2.93. The number of carboxylic acids is 1. The zero-order chi connectivity index (χ0) is 12.8. The van der Waals surface area contributed by atoms with Crippen molar-refractivity contribution in [2.24, 2.45) is 0 Å². The maximum atomic E-state index is 10.7. The van der Waals surface area contributed by atoms with Crippen molar-refractivity contribution < 1.29 is 9.90 Å². The number of anilines is 1. The molecule has 90 valence electrons. The van der Waals surface area contributed by atoms with Crippen LogP contribution < -0.4 is 4.90 Å². The van der Waals surface area contributed by atoms with Crippen LogP contribution in [-0.2, 0) is 4.79 Å². The van der Waals surface area contributed by atoms with Crippen LogP contribution in [0, 0.1) is 11.3 Å². The Labute approximate surface area is 99.5 Å². The highest BCUT2D eigenvalue weighted by atomic mass is 16.4. The van der Waals surface area contributed by atoms with E-state index in [1.807, 2.05) is 13.0 Å². The van der Waals surface area contributed by atoms with E-state index in [-0.39, 0.29) is 18.2 Å². The molecule has 0 aliphatic carbocycles. The highest BCUT2D eigenvalue weighted by Gasteiger charge is 2.20. The van der Waals surface area contributed by atoms with Crippen LogP contribution in [0.2, 0.25) is 0 Å². The van der Waals surface area contributed by atoms with Gasteiger partial charge in [0, 0.05) is 25.0 Å². The molecule has 0 aliphatic rings. The van der Waals surface area contributed by atoms with Gasteiger partial charge in [-0.3, -0.25) is 4.79 Å². The summed E-state index contributed by atoms with van der Waals surface area (Å²) in [5.74, 6) is -0.440. The van der Waals surface area contributed by atoms with Gasteiger partial charge in [-0.05, 0) is 13.8 Å². The van der Waals surface area contributed by atoms with E-state index < -0.39 is 5.97 Å². The molecule has 0 fully saturated rings. The van der Waals surface area contributed by atoms with Crippen LogP contribution in [0.1, 0.15) is 26.0 Å². The first-order valence-electron chi connectivity index (χ1n) is 5.29. The maximum Gasteiger partial charge on any atom is 0.305 e. The van der Waals surface area contributed by atoms with Crippen LogP contribution in [0.4, 0.5) is 5.82 Å². The van der Waals surface area contributed by atoms with Gasteiger partial charge in [0.2, 0.25) is 0 Å². The highest BCUT2D eigenvalue weighted by Crippen LogP contribution is 2.18. The number of aliphatic carboxylic acids is 1. The van der Waals surface area contributed by atoms with E-state index in [4.69, 9.17) is 10.4 Å². The predicted octanol–water partition coefficient (Wildman–Crippen LogP) is 1.04. The molecule has 0 bridgehead atoms. The molecule has 0 saturated carbocycles. The summed E-state index contributed by atoms with van der Waals surface area (Å²) in [6.45, 7) is 4.24. The zero-order valence-corrected chi connectivity index (χ0v) is 9.79. The zero-order valence-electron chi connectivity index (χ0n) is 9.79. The molecular weight excluding hydrogens is 220 g/mol. The number of rotatable bonds is 5. The molecule has 0 aliphatic heterocycles. The summed E-state index contributed by atoms with van der Waals surface area (Å²) in [5.41, 5.74) is 0.214. The molecule has 1 aromatic rings. The fourth-order valence-corrected chi connectivity index (χ4v) is 1.65. The lowest BCUT2D eigenvalue weighted by Crippen LogP contribution is -2.36. The standard InChI is InChI=1S/C11H14N4O2/c1-3-15(8(2)6-10(16)17)11-9(7-12)13-4-5-14-11/h4-5,8H,3,6H2,1-2H3,(H,16,17). The lowest BCUT2D eigenvalue weighted by atomic mass is 10.2. The number of carboxylic acid groups (broad SMARTS) is 1. The Kier molecular flexibility index (Phi) is 4.40. The second kappa shape index (κ2) is 5.80. The number of carbonyl (C=O) groups is 1. The smallest absolute Gasteiger partial charge is 0.305 e. The first-order chi connectivity index (χ1) is 8.10. The summed E-state index contributed by atoms with van der Waals surface area (Å²) < 4.78 is 0. The van der Waals surface area contributed by atoms with E-state index in [0.717, 1.165) is 0 Å². The summed E-state index contributed by atoms with van der Waals surface area (Å²) >= 11 is 0. The van der Waals surface area contributed by atoms with Gasteiger partial charge in [0.15, 0.2) is 11.5 Å². The monoisotopic (exact) mass is 234 g/mol. The Bertz CT molecular complexity index is 441. The van der Waals surface area contributed by atoms with E-state index in [1.54, 1.807) is 11.8 Å². The van der Waals surface area contributed by atoms with E-state index >= 15 is 0 Å². The third-order valence-electron chi connectivity index (χ3n) is 2.40. The molecule has 0 radical (unpaired) electrons. The second-order valence-electron chi connectivity index (χ2n) is 3.57. The third kappa shape index (κ3) is 3.14. The minimum atomic E-state index is -0.877. The van der Waals surface area contributed by atoms with Gasteiger partial charge in [-0.2, -0.15) is 5.26 Å². The van der Waals surface area contributed by atoms with Crippen molar-refractivity contribution in [3.8, 4) is 6.07 Å². The molecule has 1 aromatic heterocycles. The van der Waals surface area contributed by atoms with Gasteiger partial charge < -0.3 is 10.0 Å². The van der Waals surface area contributed by atoms with Crippen molar-refractivity contribution in [3.05, 3.63) is 18.1 Å². The van der Waals surface area contributed by atoms with Crippen LogP contribution in [0.25, 0.3) is 0 Å². The van der Waals surface area contributed by atoms with Crippen LogP contribution in [-0.4, -0.2) is 33.6 Å². The average Bonchev–Trinajstić information content (AvgIpc) is 2.29. The SMILES string of the molecule is CCN(c1nccnc1C#N)C(C)CC(=O)O. The van der Waals surface area contributed by atoms with Crippen molar-refractivity contribution in [2.75, 3.05) is 11.4 Å². The van der Waals surface area contributed by atoms with Crippen LogP contribution >= 0.6 is 0 Å². The topological polar surface area (TPSA) is 90.1 Å². The molecule has 17 heavy (non-hydrogen) atoms. The van der Waals surface area contributed by atoms with Crippen molar-refractivity contribution in [1.82, 2.24) is 9.97 Å². The van der Waals surface area contributed by atoms with Crippen molar-refractivity contribution in [1.29, 1.82) is 5.26 Å². The molecule has 6 nitrogen and oxygen atoms in total. The van der Waals surface area contributed by atoms with Gasteiger partial charge in [0.1, 0.15) is 6.07 Å². The summed E-state index contributed by atoms with van der Waals surface area (Å²) in [5, 5.41) is 17.7. The lowest BCUT2D eigenvalue weighted by Gasteiger charge is -2.28. The van der Waals surface area contributed by atoms with Gasteiger partial charge in [-0.25, -0.2) is 9.97 Å². The second-order valence-corrected chi connectivity index (χ2v) is 3.57.